The first kappa shape index (κ1) is 75.4. The van der Waals surface area contributed by atoms with Crippen molar-refractivity contribution in [3.8, 4) is 11.5 Å². The van der Waals surface area contributed by atoms with Crippen LogP contribution in [0.2, 0.25) is 5.02 Å². The van der Waals surface area contributed by atoms with Crippen LogP contribution in [0.4, 0.5) is 27.5 Å². The average Bonchev–Trinajstić information content (AvgIpc) is 1.69. The van der Waals surface area contributed by atoms with Gasteiger partial charge in [0.1, 0.15) is 11.5 Å². The normalized spacial score (nSPS) is 14.6. The molecule has 0 unspecified atom stereocenters. The molecule has 0 bridgehead atoms. The molecule has 0 spiro atoms. The lowest BCUT2D eigenvalue weighted by Gasteiger charge is -2.34. The van der Waals surface area contributed by atoms with E-state index in [0.29, 0.717) is 75.3 Å². The first-order valence-corrected chi connectivity index (χ1v) is 36.1. The zero-order chi connectivity index (χ0) is 68.3. The number of fused-ring (bicyclic) bond motifs is 2. The maximum atomic E-state index is 13.0. The van der Waals surface area contributed by atoms with Crippen LogP contribution in [-0.2, 0) is 48.3 Å². The molecule has 5 aromatic rings. The molecule has 3 amide bonds. The highest BCUT2D eigenvalue weighted by atomic mass is 35.5. The largest absolute Gasteiger partial charge is 0.494 e. The molecular formula is C75H103ClN8O10S. The number of aryl methyl sites for hydroxylation is 1. The van der Waals surface area contributed by atoms with Gasteiger partial charge in [-0.2, -0.15) is 0 Å². The van der Waals surface area contributed by atoms with Gasteiger partial charge in [-0.25, -0.2) is 17.9 Å². The maximum Gasteiger partial charge on any atom is 0.328 e. The lowest BCUT2D eigenvalue weighted by Crippen LogP contribution is -2.45. The van der Waals surface area contributed by atoms with Crippen LogP contribution in [0.1, 0.15) is 164 Å². The van der Waals surface area contributed by atoms with Gasteiger partial charge in [-0.1, -0.05) is 110 Å². The summed E-state index contributed by atoms with van der Waals surface area (Å²) >= 11 is 6.21. The van der Waals surface area contributed by atoms with Gasteiger partial charge < -0.3 is 44.7 Å². The molecule has 9 rings (SSSR count). The van der Waals surface area contributed by atoms with E-state index < -0.39 is 16.1 Å². The van der Waals surface area contributed by atoms with E-state index in [1.807, 2.05) is 12.1 Å². The number of halogens is 1. The second kappa shape index (κ2) is 38.7. The number of Topliss-reactive ketones (excluding diaryl/α,β-unsaturated/α-hetero) is 2. The first-order valence-electron chi connectivity index (χ1n) is 34.3. The van der Waals surface area contributed by atoms with Crippen molar-refractivity contribution in [3.63, 3.8) is 0 Å². The number of rotatable bonds is 32. The lowest BCUT2D eigenvalue weighted by atomic mass is 9.96. The molecule has 1 saturated carbocycles. The highest BCUT2D eigenvalue weighted by Crippen LogP contribution is 2.37. The molecule has 516 valence electrons. The minimum Gasteiger partial charge on any atom is -0.494 e. The Morgan fingerprint density at radius 3 is 1.99 bits per heavy atom. The number of hydrogen-bond donors (Lipinski definition) is 4. The number of nitrogens with zero attached hydrogens (tertiary/aromatic N) is 4. The molecule has 5 aromatic carbocycles. The average molecular weight is 1340 g/mol. The summed E-state index contributed by atoms with van der Waals surface area (Å²) in [6.45, 7) is 23.6. The van der Waals surface area contributed by atoms with Crippen molar-refractivity contribution in [3.05, 3.63) is 135 Å². The highest BCUT2D eigenvalue weighted by molar-refractivity contribution is 7.90. The molecule has 4 N–H and O–H groups in total. The van der Waals surface area contributed by atoms with Gasteiger partial charge in [-0.3, -0.25) is 24.4 Å². The molecular weight excluding hydrogens is 1240 g/mol. The summed E-state index contributed by atoms with van der Waals surface area (Å²) in [6.07, 6.45) is 12.1. The van der Waals surface area contributed by atoms with Gasteiger partial charge in [0.05, 0.1) is 72.5 Å². The SMILES string of the molecule is CC(C)CNCCOCCOCCCC(=O)CCOc1ccc(C2=Nc3ccc(C4=Nc5ccc(N6CCN(C)CC6)cc5C4)cc3C2)cc1.CCCC(C)C.COc1c(NC(=O)C(C)C)cc(Cl)cc1C(=O)CCCc1ccc(S(=O)(=O)NC(=O)NC2CCCCC2)cc1. The van der Waals surface area contributed by atoms with Crippen LogP contribution in [0.3, 0.4) is 0 Å². The summed E-state index contributed by atoms with van der Waals surface area (Å²) in [4.78, 5) is 64.5. The van der Waals surface area contributed by atoms with E-state index in [9.17, 15) is 27.6 Å². The van der Waals surface area contributed by atoms with Gasteiger partial charge >= 0.3 is 6.03 Å². The third-order valence-electron chi connectivity index (χ3n) is 17.0. The number of amides is 3. The third-order valence-corrected chi connectivity index (χ3v) is 18.5. The summed E-state index contributed by atoms with van der Waals surface area (Å²) in [5.41, 5.74) is 11.9. The Bertz CT molecular complexity index is 3470. The van der Waals surface area contributed by atoms with E-state index in [0.717, 1.165) is 136 Å². The number of benzene rings is 5. The van der Waals surface area contributed by atoms with Crippen LogP contribution in [-0.4, -0.2) is 141 Å². The van der Waals surface area contributed by atoms with Gasteiger partial charge in [0, 0.05) is 94.1 Å². The Morgan fingerprint density at radius 2 is 1.35 bits per heavy atom. The van der Waals surface area contributed by atoms with Gasteiger partial charge in [-0.15, -0.1) is 0 Å². The second-order valence-electron chi connectivity index (χ2n) is 26.2. The summed E-state index contributed by atoms with van der Waals surface area (Å²) < 4.78 is 49.8. The van der Waals surface area contributed by atoms with Gasteiger partial charge in [0.2, 0.25) is 5.91 Å². The van der Waals surface area contributed by atoms with Crippen molar-refractivity contribution in [2.75, 3.05) is 96.7 Å². The van der Waals surface area contributed by atoms with E-state index in [1.165, 1.54) is 60.5 Å². The highest BCUT2D eigenvalue weighted by Gasteiger charge is 2.25. The molecule has 3 heterocycles. The summed E-state index contributed by atoms with van der Waals surface area (Å²) in [5, 5.41) is 9.14. The molecule has 0 atom stereocenters. The van der Waals surface area contributed by atoms with E-state index in [4.69, 9.17) is 40.5 Å². The zero-order valence-electron chi connectivity index (χ0n) is 57.6. The van der Waals surface area contributed by atoms with Crippen LogP contribution in [0.5, 0.6) is 11.5 Å². The van der Waals surface area contributed by atoms with E-state index >= 15 is 0 Å². The van der Waals surface area contributed by atoms with Crippen molar-refractivity contribution in [2.24, 2.45) is 27.7 Å². The molecule has 1 saturated heterocycles. The fourth-order valence-corrected chi connectivity index (χ4v) is 12.7. The van der Waals surface area contributed by atoms with Crippen molar-refractivity contribution < 1.29 is 46.5 Å². The molecule has 18 nitrogen and oxygen atoms in total. The molecule has 3 aliphatic heterocycles. The number of nitrogens with one attached hydrogen (secondary N) is 4. The molecule has 2 fully saturated rings. The number of aliphatic imine (C=N–C) groups is 2. The van der Waals surface area contributed by atoms with E-state index in [2.05, 4.69) is 121 Å². The van der Waals surface area contributed by atoms with Gasteiger partial charge in [0.25, 0.3) is 10.0 Å². The predicted octanol–water partition coefficient (Wildman–Crippen LogP) is 14.1. The van der Waals surface area contributed by atoms with Crippen LogP contribution in [0.25, 0.3) is 0 Å². The van der Waals surface area contributed by atoms with E-state index in [1.54, 1.807) is 32.0 Å². The molecule has 95 heavy (non-hydrogen) atoms. The number of sulfonamides is 1. The molecule has 0 aromatic heterocycles. The van der Waals surface area contributed by atoms with Crippen molar-refractivity contribution in [2.45, 2.75) is 156 Å². The van der Waals surface area contributed by atoms with Crippen LogP contribution in [0, 0.1) is 17.8 Å². The fourth-order valence-electron chi connectivity index (χ4n) is 11.6. The smallest absolute Gasteiger partial charge is 0.328 e. The number of hydrogen-bond acceptors (Lipinski definition) is 15. The van der Waals surface area contributed by atoms with Crippen LogP contribution >= 0.6 is 11.6 Å². The van der Waals surface area contributed by atoms with Crippen LogP contribution < -0.4 is 35.0 Å². The van der Waals surface area contributed by atoms with Crippen molar-refractivity contribution in [1.82, 2.24) is 20.3 Å². The number of piperazine rings is 1. The molecule has 4 aliphatic rings. The number of ketones is 2. The summed E-state index contributed by atoms with van der Waals surface area (Å²) in [7, 11) is -0.382. The third kappa shape index (κ3) is 24.9. The minimum atomic E-state index is -4.00. The van der Waals surface area contributed by atoms with Gasteiger partial charge in [-0.05, 0) is 164 Å². The monoisotopic (exact) mass is 1340 g/mol. The van der Waals surface area contributed by atoms with Crippen molar-refractivity contribution >= 4 is 79.3 Å². The Balaban J connectivity index is 0.000000254. The molecule has 1 aliphatic carbocycles. The quantitative estimate of drug-likeness (QED) is 0.0233. The standard InChI is InChI=1S/C41H53N5O4.C28H36ClN3O6S.C6H14/c1-30(2)29-42-15-22-49-24-23-48-20-4-5-36(47)14-21-50-37-10-6-31(7-11-37)40-27-33-25-32(8-12-38(33)43-40)41-28-34-26-35(9-13-39(34)44-41)46-18-16-45(3)17-19-46;1-18(2)27(34)31-24-17-20(29)16-23(26(24)38-3)25(33)11-7-8-19-12-14-22(15-13-19)39(36,37)32-28(35)30-21-9-5-4-6-10-21;1-4-5-6(2)3/h6-13,25-26,30,42H,4-5,14-24,27-29H2,1-3H3;12-18,21H,4-11H2,1-3H3,(H,31,34)(H2,30,32,35);6H,4-5H2,1-3H3. The van der Waals surface area contributed by atoms with E-state index in [-0.39, 0.29) is 52.1 Å². The lowest BCUT2D eigenvalue weighted by molar-refractivity contribution is -0.120. The number of carbonyl (C=O) groups excluding carboxylic acids is 4. The maximum absolute atomic E-state index is 13.0. The number of urea groups is 1. The topological polar surface area (TPSA) is 219 Å². The number of methoxy groups -OCH3 is 1. The molecule has 0 radical (unpaired) electrons. The Labute approximate surface area is 570 Å². The molecule has 20 heteroatoms. The van der Waals surface area contributed by atoms with Crippen LogP contribution in [0.15, 0.2) is 112 Å². The Morgan fingerprint density at radius 1 is 0.695 bits per heavy atom. The number of anilines is 2. The first-order chi connectivity index (χ1) is 45.7. The minimum absolute atomic E-state index is 0.00343. The zero-order valence-corrected chi connectivity index (χ0v) is 59.2. The Kier molecular flexibility index (Phi) is 30.7. The number of carbonyl (C=O) groups is 4. The van der Waals surface area contributed by atoms with Crippen molar-refractivity contribution in [1.29, 1.82) is 0 Å². The summed E-state index contributed by atoms with van der Waals surface area (Å²) in [5.74, 6) is 2.08. The fraction of sp³-hybridized carbons (Fsp3) is 0.520. The number of likely N-dealkylation sites (N-methyl/N-ethyl adjacent to an activating group) is 1. The second-order valence-corrected chi connectivity index (χ2v) is 28.3. The van der Waals surface area contributed by atoms with Gasteiger partial charge in [0.15, 0.2) is 11.5 Å². The summed E-state index contributed by atoms with van der Waals surface area (Å²) in [6, 6.07) is 29.9. The Hall–Kier alpha value is -7.00. The predicted molar refractivity (Wildman–Crippen MR) is 383 cm³/mol. The number of ether oxygens (including phenoxy) is 4.